The molecule has 1 saturated heterocycles. The highest BCUT2D eigenvalue weighted by Gasteiger charge is 2.35. The van der Waals surface area contributed by atoms with E-state index in [9.17, 15) is 15.0 Å². The van der Waals surface area contributed by atoms with Crippen LogP contribution in [0.25, 0.3) is 27.9 Å². The van der Waals surface area contributed by atoms with E-state index in [2.05, 4.69) is 4.57 Å². The number of primary amides is 1. The standard InChI is InChI=1S/C20H20N2O4/c21-19(25)8-6-12-5-7-16-14(9-12)13-3-1-2-4-15(13)22(16)20-10-17(24)18(11-23)26-20/h1-9,17-18,20,23-24H,10-11H2,(H2,21,25)/b8-6+/t17?,18-,20-/m1/s1. The number of para-hydroxylation sites is 1. The number of aliphatic hydroxyl groups excluding tert-OH is 2. The van der Waals surface area contributed by atoms with Gasteiger partial charge in [0, 0.05) is 23.3 Å². The zero-order chi connectivity index (χ0) is 18.3. The van der Waals surface area contributed by atoms with E-state index in [0.29, 0.717) is 6.42 Å². The van der Waals surface area contributed by atoms with Crippen molar-refractivity contribution in [2.75, 3.05) is 6.61 Å². The number of nitrogens with two attached hydrogens (primary N) is 1. The number of hydrogen-bond acceptors (Lipinski definition) is 4. The molecule has 0 spiro atoms. The number of amides is 1. The quantitative estimate of drug-likeness (QED) is 0.625. The first-order valence-corrected chi connectivity index (χ1v) is 8.53. The Morgan fingerprint density at radius 1 is 1.23 bits per heavy atom. The monoisotopic (exact) mass is 352 g/mol. The van der Waals surface area contributed by atoms with Crippen LogP contribution in [0.4, 0.5) is 0 Å². The van der Waals surface area contributed by atoms with Crippen molar-refractivity contribution in [2.45, 2.75) is 24.9 Å². The smallest absolute Gasteiger partial charge is 0.241 e. The Morgan fingerprint density at radius 3 is 2.73 bits per heavy atom. The van der Waals surface area contributed by atoms with E-state index >= 15 is 0 Å². The molecule has 3 aromatic rings. The number of aliphatic hydroxyl groups is 2. The normalized spacial score (nSPS) is 23.4. The number of benzene rings is 2. The lowest BCUT2D eigenvalue weighted by atomic mass is 10.1. The molecule has 1 unspecified atom stereocenters. The number of rotatable bonds is 4. The van der Waals surface area contributed by atoms with Crippen molar-refractivity contribution >= 4 is 33.8 Å². The van der Waals surface area contributed by atoms with Crippen molar-refractivity contribution in [1.29, 1.82) is 0 Å². The Bertz CT molecular complexity index is 1010. The van der Waals surface area contributed by atoms with Crippen LogP contribution >= 0.6 is 0 Å². The number of fused-ring (bicyclic) bond motifs is 3. The Kier molecular flexibility index (Phi) is 4.24. The van der Waals surface area contributed by atoms with Gasteiger partial charge >= 0.3 is 0 Å². The van der Waals surface area contributed by atoms with Crippen molar-refractivity contribution in [2.24, 2.45) is 5.73 Å². The van der Waals surface area contributed by atoms with Gasteiger partial charge < -0.3 is 25.3 Å². The van der Waals surface area contributed by atoms with Gasteiger partial charge in [0.15, 0.2) is 0 Å². The first-order valence-electron chi connectivity index (χ1n) is 8.53. The van der Waals surface area contributed by atoms with Crippen LogP contribution in [0, 0.1) is 0 Å². The minimum Gasteiger partial charge on any atom is -0.394 e. The van der Waals surface area contributed by atoms with E-state index in [1.54, 1.807) is 6.08 Å². The van der Waals surface area contributed by atoms with Crippen LogP contribution in [0.3, 0.4) is 0 Å². The molecule has 134 valence electrons. The second-order valence-electron chi connectivity index (χ2n) is 6.51. The Balaban J connectivity index is 1.88. The molecule has 2 heterocycles. The van der Waals surface area contributed by atoms with Crippen LogP contribution < -0.4 is 5.73 Å². The lowest BCUT2D eigenvalue weighted by molar-refractivity contribution is -0.113. The third kappa shape index (κ3) is 2.78. The molecule has 0 saturated carbocycles. The summed E-state index contributed by atoms with van der Waals surface area (Å²) in [5, 5.41) is 21.6. The van der Waals surface area contributed by atoms with Crippen molar-refractivity contribution in [3.05, 3.63) is 54.1 Å². The third-order valence-corrected chi connectivity index (χ3v) is 4.85. The Hall–Kier alpha value is -2.67. The SMILES string of the molecule is NC(=O)/C=C/c1ccc2c(c1)c1ccccc1n2[C@H]1CC(O)[C@@H](CO)O1. The van der Waals surface area contributed by atoms with E-state index < -0.39 is 18.1 Å². The predicted octanol–water partition coefficient (Wildman–Crippen LogP) is 1.93. The largest absolute Gasteiger partial charge is 0.394 e. The van der Waals surface area contributed by atoms with E-state index in [1.165, 1.54) is 6.08 Å². The van der Waals surface area contributed by atoms with Gasteiger partial charge in [-0.25, -0.2) is 0 Å². The van der Waals surface area contributed by atoms with Gasteiger partial charge in [0.05, 0.1) is 23.7 Å². The zero-order valence-electron chi connectivity index (χ0n) is 14.1. The summed E-state index contributed by atoms with van der Waals surface area (Å²) in [6.07, 6.45) is 1.82. The molecule has 3 atom stereocenters. The van der Waals surface area contributed by atoms with Gasteiger partial charge in [-0.15, -0.1) is 0 Å². The molecule has 4 rings (SSSR count). The lowest BCUT2D eigenvalue weighted by Gasteiger charge is -2.16. The molecule has 1 aliphatic rings. The number of hydrogen-bond donors (Lipinski definition) is 3. The number of ether oxygens (including phenoxy) is 1. The fourth-order valence-corrected chi connectivity index (χ4v) is 3.65. The van der Waals surface area contributed by atoms with Crippen LogP contribution in [-0.4, -0.2) is 39.5 Å². The Labute approximate surface area is 150 Å². The van der Waals surface area contributed by atoms with Crippen LogP contribution in [-0.2, 0) is 9.53 Å². The van der Waals surface area contributed by atoms with Crippen LogP contribution in [0.5, 0.6) is 0 Å². The average Bonchev–Trinajstić information content (AvgIpc) is 3.17. The molecule has 0 radical (unpaired) electrons. The topological polar surface area (TPSA) is 97.7 Å². The molecule has 1 aliphatic heterocycles. The van der Waals surface area contributed by atoms with Crippen molar-refractivity contribution in [1.82, 2.24) is 4.57 Å². The minimum atomic E-state index is -0.695. The van der Waals surface area contributed by atoms with Gasteiger partial charge in [-0.3, -0.25) is 4.79 Å². The zero-order valence-corrected chi connectivity index (χ0v) is 14.1. The van der Waals surface area contributed by atoms with Gasteiger partial charge in [-0.2, -0.15) is 0 Å². The van der Waals surface area contributed by atoms with E-state index in [-0.39, 0.29) is 12.8 Å². The number of carbonyl (C=O) groups is 1. The van der Waals surface area contributed by atoms with Gasteiger partial charge in [-0.1, -0.05) is 24.3 Å². The van der Waals surface area contributed by atoms with Crippen molar-refractivity contribution in [3.8, 4) is 0 Å². The number of aromatic nitrogens is 1. The molecular weight excluding hydrogens is 332 g/mol. The molecule has 1 aromatic heterocycles. The summed E-state index contributed by atoms with van der Waals surface area (Å²) in [4.78, 5) is 11.0. The van der Waals surface area contributed by atoms with E-state index in [0.717, 1.165) is 27.4 Å². The molecule has 0 aliphatic carbocycles. The second kappa shape index (κ2) is 6.57. The number of carbonyl (C=O) groups excluding carboxylic acids is 1. The highest BCUT2D eigenvalue weighted by molar-refractivity contribution is 6.09. The molecule has 1 fully saturated rings. The van der Waals surface area contributed by atoms with E-state index in [4.69, 9.17) is 10.5 Å². The maximum absolute atomic E-state index is 11.0. The first kappa shape index (κ1) is 16.8. The van der Waals surface area contributed by atoms with Crippen LogP contribution in [0.2, 0.25) is 0 Å². The second-order valence-corrected chi connectivity index (χ2v) is 6.51. The fraction of sp³-hybridized carbons (Fsp3) is 0.250. The summed E-state index contributed by atoms with van der Waals surface area (Å²) in [6, 6.07) is 13.9. The van der Waals surface area contributed by atoms with Crippen LogP contribution in [0.15, 0.2) is 48.5 Å². The van der Waals surface area contributed by atoms with Gasteiger partial charge in [0.1, 0.15) is 12.3 Å². The maximum atomic E-state index is 11.0. The molecule has 26 heavy (non-hydrogen) atoms. The molecular formula is C20H20N2O4. The summed E-state index contributed by atoms with van der Waals surface area (Å²) in [5.74, 6) is -0.490. The van der Waals surface area contributed by atoms with Crippen LogP contribution in [0.1, 0.15) is 18.2 Å². The van der Waals surface area contributed by atoms with Gasteiger partial charge in [0.2, 0.25) is 5.91 Å². The maximum Gasteiger partial charge on any atom is 0.241 e. The molecule has 4 N–H and O–H groups in total. The van der Waals surface area contributed by atoms with Gasteiger partial charge in [0.25, 0.3) is 0 Å². The molecule has 6 heteroatoms. The number of nitrogens with zero attached hydrogens (tertiary/aromatic N) is 1. The summed E-state index contributed by atoms with van der Waals surface area (Å²) < 4.78 is 7.94. The highest BCUT2D eigenvalue weighted by Crippen LogP contribution is 2.38. The first-order chi connectivity index (χ1) is 12.6. The molecule has 6 nitrogen and oxygen atoms in total. The molecule has 2 aromatic carbocycles. The predicted molar refractivity (Wildman–Crippen MR) is 99.3 cm³/mol. The third-order valence-electron chi connectivity index (χ3n) is 4.85. The summed E-state index contributed by atoms with van der Waals surface area (Å²) in [6.45, 7) is -0.211. The fourth-order valence-electron chi connectivity index (χ4n) is 3.65. The Morgan fingerprint density at radius 2 is 2.00 bits per heavy atom. The average molecular weight is 352 g/mol. The van der Waals surface area contributed by atoms with Crippen molar-refractivity contribution < 1.29 is 19.7 Å². The summed E-state index contributed by atoms with van der Waals surface area (Å²) >= 11 is 0. The highest BCUT2D eigenvalue weighted by atomic mass is 16.5. The van der Waals surface area contributed by atoms with Crippen molar-refractivity contribution in [3.63, 3.8) is 0 Å². The molecule has 0 bridgehead atoms. The molecule has 1 amide bonds. The van der Waals surface area contributed by atoms with E-state index in [1.807, 2.05) is 42.5 Å². The lowest BCUT2D eigenvalue weighted by Crippen LogP contribution is -2.24. The summed E-state index contributed by atoms with van der Waals surface area (Å²) in [5.41, 5.74) is 8.02. The summed E-state index contributed by atoms with van der Waals surface area (Å²) in [7, 11) is 0. The minimum absolute atomic E-state index is 0.211. The van der Waals surface area contributed by atoms with Gasteiger partial charge in [-0.05, 0) is 29.8 Å².